The second kappa shape index (κ2) is 14.1. The molecular weight excluding hydrogens is 574 g/mol. The zero-order chi connectivity index (χ0) is 30.3. The molecule has 0 radical (unpaired) electrons. The van der Waals surface area contributed by atoms with Gasteiger partial charge in [-0.3, -0.25) is 13.9 Å². The Morgan fingerprint density at radius 2 is 1.64 bits per heavy atom. The summed E-state index contributed by atoms with van der Waals surface area (Å²) >= 11 is 6.03. The first-order valence-corrected chi connectivity index (χ1v) is 16.1. The summed E-state index contributed by atoms with van der Waals surface area (Å²) < 4.78 is 34.5. The number of anilines is 1. The van der Waals surface area contributed by atoms with E-state index in [1.54, 1.807) is 31.2 Å². The first kappa shape index (κ1) is 31.4. The van der Waals surface area contributed by atoms with E-state index in [4.69, 9.17) is 16.3 Å². The molecule has 1 fully saturated rings. The van der Waals surface area contributed by atoms with Crippen LogP contribution < -0.4 is 14.4 Å². The number of rotatable bonds is 12. The number of benzene rings is 3. The van der Waals surface area contributed by atoms with Crippen LogP contribution in [0.4, 0.5) is 5.69 Å². The van der Waals surface area contributed by atoms with E-state index in [1.807, 2.05) is 38.1 Å². The van der Waals surface area contributed by atoms with Gasteiger partial charge >= 0.3 is 0 Å². The van der Waals surface area contributed by atoms with Crippen molar-refractivity contribution in [2.24, 2.45) is 0 Å². The molecular formula is C32H38ClN3O5S. The van der Waals surface area contributed by atoms with Crippen molar-refractivity contribution >= 4 is 39.1 Å². The standard InChI is InChI=1S/C32H38ClN3O5S/c1-4-41-29-17-15-28(16-18-29)36(42(39,40)30-19-13-26(33)14-20-30)22-31(37)35(21-25-10-6-5-9-23(25)2)24(3)32(38)34-27-11-7-8-12-27/h5-6,9-10,13-20,24,27H,4,7-8,11-12,21-22H2,1-3H3,(H,34,38). The van der Waals surface area contributed by atoms with Gasteiger partial charge in [-0.2, -0.15) is 0 Å². The molecule has 1 atom stereocenters. The van der Waals surface area contributed by atoms with Gasteiger partial charge in [0.15, 0.2) is 0 Å². The fourth-order valence-corrected chi connectivity index (χ4v) is 6.62. The summed E-state index contributed by atoms with van der Waals surface area (Å²) in [6.45, 7) is 5.60. The number of carbonyl (C=O) groups excluding carboxylic acids is 2. The normalized spacial score (nSPS) is 14.3. The molecule has 224 valence electrons. The molecule has 1 saturated carbocycles. The minimum Gasteiger partial charge on any atom is -0.494 e. The number of nitrogens with one attached hydrogen (secondary N) is 1. The molecule has 0 spiro atoms. The van der Waals surface area contributed by atoms with Crippen LogP contribution in [0.5, 0.6) is 5.75 Å². The molecule has 0 aliphatic heterocycles. The fourth-order valence-electron chi connectivity index (χ4n) is 5.08. The zero-order valence-electron chi connectivity index (χ0n) is 24.3. The molecule has 0 saturated heterocycles. The van der Waals surface area contributed by atoms with Gasteiger partial charge in [-0.25, -0.2) is 8.42 Å². The number of halogens is 1. The van der Waals surface area contributed by atoms with Gasteiger partial charge in [0.1, 0.15) is 18.3 Å². The molecule has 1 N–H and O–H groups in total. The van der Waals surface area contributed by atoms with Gasteiger partial charge in [0.05, 0.1) is 17.2 Å². The first-order chi connectivity index (χ1) is 20.1. The predicted molar refractivity (Wildman–Crippen MR) is 165 cm³/mol. The highest BCUT2D eigenvalue weighted by molar-refractivity contribution is 7.92. The van der Waals surface area contributed by atoms with Crippen molar-refractivity contribution in [3.8, 4) is 5.75 Å². The number of ether oxygens (including phenoxy) is 1. The number of sulfonamides is 1. The maximum atomic E-state index is 14.1. The van der Waals surface area contributed by atoms with E-state index in [2.05, 4.69) is 5.32 Å². The van der Waals surface area contributed by atoms with Gasteiger partial charge in [-0.1, -0.05) is 48.7 Å². The van der Waals surface area contributed by atoms with Crippen LogP contribution in [0.1, 0.15) is 50.7 Å². The zero-order valence-corrected chi connectivity index (χ0v) is 25.8. The van der Waals surface area contributed by atoms with E-state index >= 15 is 0 Å². The van der Waals surface area contributed by atoms with E-state index in [9.17, 15) is 18.0 Å². The fraction of sp³-hybridized carbons (Fsp3) is 0.375. The monoisotopic (exact) mass is 611 g/mol. The molecule has 3 aromatic carbocycles. The van der Waals surface area contributed by atoms with Crippen molar-refractivity contribution in [3.63, 3.8) is 0 Å². The molecule has 0 bridgehead atoms. The maximum absolute atomic E-state index is 14.1. The third kappa shape index (κ3) is 7.63. The van der Waals surface area contributed by atoms with Crippen LogP contribution in [0.15, 0.2) is 77.7 Å². The number of hydrogen-bond donors (Lipinski definition) is 1. The Balaban J connectivity index is 1.69. The lowest BCUT2D eigenvalue weighted by Gasteiger charge is -2.33. The quantitative estimate of drug-likeness (QED) is 0.283. The van der Waals surface area contributed by atoms with E-state index in [0.717, 1.165) is 41.1 Å². The van der Waals surface area contributed by atoms with Crippen LogP contribution in [0.25, 0.3) is 0 Å². The van der Waals surface area contributed by atoms with Gasteiger partial charge in [0.2, 0.25) is 11.8 Å². The van der Waals surface area contributed by atoms with Crippen LogP contribution in [-0.4, -0.2) is 50.4 Å². The predicted octanol–water partition coefficient (Wildman–Crippen LogP) is 5.72. The van der Waals surface area contributed by atoms with E-state index in [1.165, 1.54) is 29.2 Å². The van der Waals surface area contributed by atoms with Crippen molar-refractivity contribution in [2.75, 3.05) is 17.5 Å². The SMILES string of the molecule is CCOc1ccc(N(CC(=O)N(Cc2ccccc2C)C(C)C(=O)NC2CCCC2)S(=O)(=O)c2ccc(Cl)cc2)cc1. The number of aryl methyl sites for hydroxylation is 1. The second-order valence-corrected chi connectivity index (χ2v) is 12.8. The Labute approximate surface area is 253 Å². The molecule has 3 aromatic rings. The number of hydrogen-bond acceptors (Lipinski definition) is 5. The molecule has 1 aliphatic rings. The average molecular weight is 612 g/mol. The molecule has 2 amide bonds. The first-order valence-electron chi connectivity index (χ1n) is 14.3. The highest BCUT2D eigenvalue weighted by atomic mass is 35.5. The molecule has 0 heterocycles. The lowest BCUT2D eigenvalue weighted by molar-refractivity contribution is -0.139. The Hall–Kier alpha value is -3.56. The summed E-state index contributed by atoms with van der Waals surface area (Å²) in [6.07, 6.45) is 3.94. The summed E-state index contributed by atoms with van der Waals surface area (Å²) in [4.78, 5) is 28.9. The van der Waals surface area contributed by atoms with Crippen LogP contribution in [0.2, 0.25) is 5.02 Å². The van der Waals surface area contributed by atoms with Gasteiger partial charge in [0, 0.05) is 17.6 Å². The average Bonchev–Trinajstić information content (AvgIpc) is 3.49. The third-order valence-corrected chi connectivity index (χ3v) is 9.63. The molecule has 10 heteroatoms. The van der Waals surface area contributed by atoms with Crippen LogP contribution >= 0.6 is 11.6 Å². The van der Waals surface area contributed by atoms with Crippen LogP contribution in [0.3, 0.4) is 0 Å². The largest absolute Gasteiger partial charge is 0.494 e. The summed E-state index contributed by atoms with van der Waals surface area (Å²) in [7, 11) is -4.18. The van der Waals surface area contributed by atoms with Crippen molar-refractivity contribution in [1.82, 2.24) is 10.2 Å². The minimum atomic E-state index is -4.18. The molecule has 4 rings (SSSR count). The highest BCUT2D eigenvalue weighted by Crippen LogP contribution is 2.28. The maximum Gasteiger partial charge on any atom is 0.264 e. The Bertz CT molecular complexity index is 1470. The number of amides is 2. The summed E-state index contributed by atoms with van der Waals surface area (Å²) in [5, 5.41) is 3.48. The van der Waals surface area contributed by atoms with Gasteiger partial charge in [0.25, 0.3) is 10.0 Å². The van der Waals surface area contributed by atoms with Gasteiger partial charge < -0.3 is 15.0 Å². The van der Waals surface area contributed by atoms with E-state index in [0.29, 0.717) is 23.1 Å². The van der Waals surface area contributed by atoms with Crippen molar-refractivity contribution in [1.29, 1.82) is 0 Å². The number of carbonyl (C=O) groups is 2. The lowest BCUT2D eigenvalue weighted by Crippen LogP contribution is -2.52. The topological polar surface area (TPSA) is 96.0 Å². The second-order valence-electron chi connectivity index (χ2n) is 10.5. The highest BCUT2D eigenvalue weighted by Gasteiger charge is 2.33. The molecule has 42 heavy (non-hydrogen) atoms. The Morgan fingerprint density at radius 3 is 2.26 bits per heavy atom. The summed E-state index contributed by atoms with van der Waals surface area (Å²) in [5.74, 6) is -0.175. The third-order valence-electron chi connectivity index (χ3n) is 7.59. The molecule has 1 aliphatic carbocycles. The van der Waals surface area contributed by atoms with Crippen LogP contribution in [0, 0.1) is 6.92 Å². The minimum absolute atomic E-state index is 0.00827. The van der Waals surface area contributed by atoms with Crippen molar-refractivity contribution < 1.29 is 22.7 Å². The Morgan fingerprint density at radius 1 is 1.00 bits per heavy atom. The van der Waals surface area contributed by atoms with Crippen molar-refractivity contribution in [2.45, 2.75) is 70.0 Å². The van der Waals surface area contributed by atoms with E-state index < -0.39 is 28.5 Å². The van der Waals surface area contributed by atoms with Crippen LogP contribution in [-0.2, 0) is 26.2 Å². The lowest BCUT2D eigenvalue weighted by atomic mass is 10.1. The van der Waals surface area contributed by atoms with Gasteiger partial charge in [-0.15, -0.1) is 0 Å². The smallest absolute Gasteiger partial charge is 0.264 e. The molecule has 1 unspecified atom stereocenters. The summed E-state index contributed by atoms with van der Waals surface area (Å²) in [6, 6.07) is 19.2. The molecule has 0 aromatic heterocycles. The van der Waals surface area contributed by atoms with E-state index in [-0.39, 0.29) is 23.4 Å². The van der Waals surface area contributed by atoms with Gasteiger partial charge in [-0.05, 0) is 93.3 Å². The number of nitrogens with zero attached hydrogens (tertiary/aromatic N) is 2. The molecule has 8 nitrogen and oxygen atoms in total. The summed E-state index contributed by atoms with van der Waals surface area (Å²) in [5.41, 5.74) is 2.14. The Kier molecular flexibility index (Phi) is 10.5. The van der Waals surface area contributed by atoms with Crippen molar-refractivity contribution in [3.05, 3.63) is 88.9 Å².